The van der Waals surface area contributed by atoms with E-state index in [1.165, 1.54) is 12.1 Å². The van der Waals surface area contributed by atoms with E-state index < -0.39 is 6.61 Å². The standard InChI is InChI=1S/C27H25F2N3O3/c1-17-14-23(18(2)32(17)16-21-6-4-5-13-30-21)26(33)31-20-9-12-25(35-27(28)29)24(15-20)19-7-10-22(34-3)11-8-19/h4-15,27H,16H2,1-3H3,(H,31,33). The van der Waals surface area contributed by atoms with Gasteiger partial charge in [-0.2, -0.15) is 8.78 Å². The molecule has 35 heavy (non-hydrogen) atoms. The van der Waals surface area contributed by atoms with E-state index in [2.05, 4.69) is 10.3 Å². The zero-order chi connectivity index (χ0) is 24.9. The van der Waals surface area contributed by atoms with Crippen molar-refractivity contribution in [3.63, 3.8) is 0 Å². The molecule has 0 saturated heterocycles. The summed E-state index contributed by atoms with van der Waals surface area (Å²) in [4.78, 5) is 17.5. The number of aryl methyl sites for hydroxylation is 1. The highest BCUT2D eigenvalue weighted by Crippen LogP contribution is 2.35. The van der Waals surface area contributed by atoms with Gasteiger partial charge >= 0.3 is 6.61 Å². The summed E-state index contributed by atoms with van der Waals surface area (Å²) in [6.07, 6.45) is 1.74. The van der Waals surface area contributed by atoms with Crippen molar-refractivity contribution in [1.82, 2.24) is 9.55 Å². The number of anilines is 1. The minimum Gasteiger partial charge on any atom is -0.497 e. The maximum atomic E-state index is 13.1. The normalized spacial score (nSPS) is 10.9. The first-order chi connectivity index (χ1) is 16.9. The van der Waals surface area contributed by atoms with Crippen molar-refractivity contribution < 1.29 is 23.0 Å². The Labute approximate surface area is 202 Å². The smallest absolute Gasteiger partial charge is 0.387 e. The van der Waals surface area contributed by atoms with Crippen molar-refractivity contribution in [3.8, 4) is 22.6 Å². The van der Waals surface area contributed by atoms with Crippen molar-refractivity contribution in [2.75, 3.05) is 12.4 Å². The quantitative estimate of drug-likeness (QED) is 0.334. The SMILES string of the molecule is COc1ccc(-c2cc(NC(=O)c3cc(C)n(Cc4ccccn4)c3C)ccc2OC(F)F)cc1. The number of hydrogen-bond donors (Lipinski definition) is 1. The van der Waals surface area contributed by atoms with E-state index in [0.717, 1.165) is 17.1 Å². The summed E-state index contributed by atoms with van der Waals surface area (Å²) >= 11 is 0. The first-order valence-corrected chi connectivity index (χ1v) is 11.0. The second-order valence-electron chi connectivity index (χ2n) is 7.96. The number of amides is 1. The van der Waals surface area contributed by atoms with E-state index in [4.69, 9.17) is 9.47 Å². The van der Waals surface area contributed by atoms with Gasteiger partial charge < -0.3 is 19.4 Å². The summed E-state index contributed by atoms with van der Waals surface area (Å²) in [5.74, 6) is 0.348. The lowest BCUT2D eigenvalue weighted by Crippen LogP contribution is -2.14. The van der Waals surface area contributed by atoms with Gasteiger partial charge in [0.05, 0.1) is 24.9 Å². The molecule has 1 amide bonds. The molecule has 0 unspecified atom stereocenters. The van der Waals surface area contributed by atoms with Gasteiger partial charge in [0.1, 0.15) is 11.5 Å². The molecular formula is C27H25F2N3O3. The van der Waals surface area contributed by atoms with Crippen LogP contribution < -0.4 is 14.8 Å². The fraction of sp³-hybridized carbons (Fsp3) is 0.185. The highest BCUT2D eigenvalue weighted by Gasteiger charge is 2.18. The van der Waals surface area contributed by atoms with Crippen LogP contribution in [-0.4, -0.2) is 29.2 Å². The molecule has 1 N–H and O–H groups in total. The van der Waals surface area contributed by atoms with Crippen molar-refractivity contribution in [3.05, 3.63) is 95.6 Å². The third kappa shape index (κ3) is 5.48. The number of nitrogens with one attached hydrogen (secondary N) is 1. The predicted octanol–water partition coefficient (Wildman–Crippen LogP) is 6.08. The van der Waals surface area contributed by atoms with Crippen LogP contribution in [0.5, 0.6) is 11.5 Å². The Hall–Kier alpha value is -4.20. The summed E-state index contributed by atoms with van der Waals surface area (Å²) in [5.41, 5.74) is 4.67. The monoisotopic (exact) mass is 477 g/mol. The maximum Gasteiger partial charge on any atom is 0.387 e. The second-order valence-corrected chi connectivity index (χ2v) is 7.96. The van der Waals surface area contributed by atoms with Crippen LogP contribution in [0.4, 0.5) is 14.5 Å². The largest absolute Gasteiger partial charge is 0.497 e. The number of aromatic nitrogens is 2. The number of rotatable bonds is 8. The third-order valence-corrected chi connectivity index (χ3v) is 5.72. The fourth-order valence-corrected chi connectivity index (χ4v) is 3.93. The van der Waals surface area contributed by atoms with Gasteiger partial charge in [-0.25, -0.2) is 0 Å². The van der Waals surface area contributed by atoms with Crippen molar-refractivity contribution in [1.29, 1.82) is 0 Å². The lowest BCUT2D eigenvalue weighted by atomic mass is 10.0. The second kappa shape index (κ2) is 10.4. The number of ether oxygens (including phenoxy) is 2. The lowest BCUT2D eigenvalue weighted by molar-refractivity contribution is -0.0494. The highest BCUT2D eigenvalue weighted by atomic mass is 19.3. The van der Waals surface area contributed by atoms with Gasteiger partial charge in [-0.1, -0.05) is 18.2 Å². The molecule has 0 atom stereocenters. The molecule has 2 aromatic heterocycles. The zero-order valence-electron chi connectivity index (χ0n) is 19.6. The molecule has 0 saturated carbocycles. The summed E-state index contributed by atoms with van der Waals surface area (Å²) in [5, 5.41) is 2.88. The lowest BCUT2D eigenvalue weighted by Gasteiger charge is -2.14. The Balaban J connectivity index is 1.61. The van der Waals surface area contributed by atoms with Crippen LogP contribution in [0.15, 0.2) is 72.9 Å². The molecule has 0 aliphatic heterocycles. The zero-order valence-corrected chi connectivity index (χ0v) is 19.6. The molecule has 0 aliphatic carbocycles. The van der Waals surface area contributed by atoms with Gasteiger partial charge in [-0.15, -0.1) is 0 Å². The highest BCUT2D eigenvalue weighted by molar-refractivity contribution is 6.05. The molecule has 180 valence electrons. The topological polar surface area (TPSA) is 65.4 Å². The van der Waals surface area contributed by atoms with E-state index in [-0.39, 0.29) is 11.7 Å². The molecule has 4 rings (SSSR count). The van der Waals surface area contributed by atoms with E-state index in [9.17, 15) is 13.6 Å². The first kappa shape index (κ1) is 23.9. The van der Waals surface area contributed by atoms with Gasteiger partial charge in [-0.05, 0) is 67.9 Å². The fourth-order valence-electron chi connectivity index (χ4n) is 3.93. The minimum atomic E-state index is -2.98. The Morgan fingerprint density at radius 3 is 2.49 bits per heavy atom. The number of benzene rings is 2. The molecule has 2 aromatic carbocycles. The van der Waals surface area contributed by atoms with Crippen LogP contribution in [0, 0.1) is 13.8 Å². The van der Waals surface area contributed by atoms with E-state index in [1.807, 2.05) is 42.7 Å². The van der Waals surface area contributed by atoms with Crippen molar-refractivity contribution in [2.45, 2.75) is 27.0 Å². The van der Waals surface area contributed by atoms with E-state index >= 15 is 0 Å². The Bertz CT molecular complexity index is 1320. The number of carbonyl (C=O) groups excluding carboxylic acids is 1. The molecule has 0 aliphatic rings. The van der Waals surface area contributed by atoms with Crippen LogP contribution in [-0.2, 0) is 6.54 Å². The van der Waals surface area contributed by atoms with E-state index in [0.29, 0.717) is 34.7 Å². The average molecular weight is 478 g/mol. The van der Waals surface area contributed by atoms with Gasteiger partial charge in [0.15, 0.2) is 0 Å². The number of methoxy groups -OCH3 is 1. The van der Waals surface area contributed by atoms with Crippen LogP contribution in [0.25, 0.3) is 11.1 Å². The summed E-state index contributed by atoms with van der Waals surface area (Å²) in [6.45, 7) is 1.39. The summed E-state index contributed by atoms with van der Waals surface area (Å²) < 4.78 is 37.9. The first-order valence-electron chi connectivity index (χ1n) is 11.0. The van der Waals surface area contributed by atoms with Crippen LogP contribution in [0.1, 0.15) is 27.4 Å². The third-order valence-electron chi connectivity index (χ3n) is 5.72. The number of nitrogens with zero attached hydrogens (tertiary/aromatic N) is 2. The van der Waals surface area contributed by atoms with Crippen LogP contribution in [0.3, 0.4) is 0 Å². The summed E-state index contributed by atoms with van der Waals surface area (Å²) in [7, 11) is 1.55. The van der Waals surface area contributed by atoms with Crippen molar-refractivity contribution in [2.24, 2.45) is 0 Å². The molecule has 6 nitrogen and oxygen atoms in total. The molecule has 0 radical (unpaired) electrons. The minimum absolute atomic E-state index is 0.0108. The summed E-state index contributed by atoms with van der Waals surface area (Å²) in [6, 6.07) is 19.0. The molecule has 8 heteroatoms. The molecule has 4 aromatic rings. The Morgan fingerprint density at radius 2 is 1.83 bits per heavy atom. The van der Waals surface area contributed by atoms with Gasteiger partial charge in [0, 0.05) is 28.8 Å². The number of hydrogen-bond acceptors (Lipinski definition) is 4. The molecular weight excluding hydrogens is 452 g/mol. The maximum absolute atomic E-state index is 13.1. The van der Waals surface area contributed by atoms with E-state index in [1.54, 1.807) is 43.6 Å². The number of carbonyl (C=O) groups is 1. The number of halogens is 2. The van der Waals surface area contributed by atoms with Gasteiger partial charge in [0.25, 0.3) is 5.91 Å². The molecule has 0 fully saturated rings. The predicted molar refractivity (Wildman–Crippen MR) is 130 cm³/mol. The number of alkyl halides is 2. The molecule has 2 heterocycles. The van der Waals surface area contributed by atoms with Gasteiger partial charge in [-0.3, -0.25) is 9.78 Å². The van der Waals surface area contributed by atoms with Crippen molar-refractivity contribution >= 4 is 11.6 Å². The van der Waals surface area contributed by atoms with Crippen LogP contribution in [0.2, 0.25) is 0 Å². The van der Waals surface area contributed by atoms with Crippen LogP contribution >= 0.6 is 0 Å². The average Bonchev–Trinajstić information content (AvgIpc) is 3.14. The Kier molecular flexibility index (Phi) is 7.10. The molecule has 0 bridgehead atoms. The van der Waals surface area contributed by atoms with Gasteiger partial charge in [0.2, 0.25) is 0 Å². The Morgan fingerprint density at radius 1 is 1.06 bits per heavy atom. The number of pyridine rings is 1. The molecule has 0 spiro atoms.